The van der Waals surface area contributed by atoms with E-state index in [4.69, 9.17) is 5.11 Å². The Balaban J connectivity index is 1.77. The molecule has 1 aliphatic carbocycles. The lowest BCUT2D eigenvalue weighted by molar-refractivity contribution is -0.138. The highest BCUT2D eigenvalue weighted by Gasteiger charge is 2.28. The standard InChI is InChI=1S/C24H30N2O4S/c1-14-4-7-17(8-5-14)13-25-23(30)22-18-9-6-15(2)10-19(18)31-24(22)26-20(27)11-16(3)12-21(28)29/h4-5,7-8,15-16H,6,9-13H2,1-3H3,(H,25,30)(H,26,27)(H,28,29)/t15-,16-/m1/s1. The smallest absolute Gasteiger partial charge is 0.303 e. The first-order chi connectivity index (χ1) is 14.7. The molecule has 7 heteroatoms. The van der Waals surface area contributed by atoms with Crippen LogP contribution >= 0.6 is 11.3 Å². The number of carbonyl (C=O) groups excluding carboxylic acids is 2. The minimum atomic E-state index is -0.919. The summed E-state index contributed by atoms with van der Waals surface area (Å²) < 4.78 is 0. The van der Waals surface area contributed by atoms with E-state index < -0.39 is 5.97 Å². The molecule has 31 heavy (non-hydrogen) atoms. The van der Waals surface area contributed by atoms with Crippen molar-refractivity contribution in [2.75, 3.05) is 5.32 Å². The number of carbonyl (C=O) groups is 3. The van der Waals surface area contributed by atoms with Gasteiger partial charge in [0, 0.05) is 24.3 Å². The lowest BCUT2D eigenvalue weighted by atomic mass is 9.88. The number of nitrogens with one attached hydrogen (secondary N) is 2. The molecule has 2 amide bonds. The van der Waals surface area contributed by atoms with Crippen LogP contribution in [0.3, 0.4) is 0 Å². The number of hydrogen-bond donors (Lipinski definition) is 3. The molecule has 3 N–H and O–H groups in total. The minimum Gasteiger partial charge on any atom is -0.481 e. The van der Waals surface area contributed by atoms with Crippen LogP contribution in [0.2, 0.25) is 0 Å². The minimum absolute atomic E-state index is 0.0598. The molecule has 2 atom stereocenters. The van der Waals surface area contributed by atoms with Crippen molar-refractivity contribution in [1.29, 1.82) is 0 Å². The molecule has 0 saturated heterocycles. The number of fused-ring (bicyclic) bond motifs is 1. The first-order valence-corrected chi connectivity index (χ1v) is 11.5. The maximum atomic E-state index is 13.1. The average molecular weight is 443 g/mol. The molecular weight excluding hydrogens is 412 g/mol. The van der Waals surface area contributed by atoms with Crippen LogP contribution in [0.5, 0.6) is 0 Å². The van der Waals surface area contributed by atoms with Crippen molar-refractivity contribution >= 4 is 34.1 Å². The number of aryl methyl sites for hydroxylation is 1. The molecule has 3 rings (SSSR count). The second-order valence-corrected chi connectivity index (χ2v) is 9.78. The number of rotatable bonds is 8. The van der Waals surface area contributed by atoms with E-state index in [2.05, 4.69) is 17.6 Å². The van der Waals surface area contributed by atoms with E-state index in [0.717, 1.165) is 35.3 Å². The lowest BCUT2D eigenvalue weighted by Gasteiger charge is -2.18. The van der Waals surface area contributed by atoms with Crippen LogP contribution in [0.1, 0.15) is 65.0 Å². The molecule has 0 unspecified atom stereocenters. The Morgan fingerprint density at radius 1 is 1.19 bits per heavy atom. The Kier molecular flexibility index (Phi) is 7.49. The molecule has 6 nitrogen and oxygen atoms in total. The Morgan fingerprint density at radius 3 is 2.58 bits per heavy atom. The van der Waals surface area contributed by atoms with Gasteiger partial charge in [0.05, 0.1) is 5.56 Å². The van der Waals surface area contributed by atoms with Crippen molar-refractivity contribution in [3.05, 3.63) is 51.4 Å². The quantitative estimate of drug-likeness (QED) is 0.559. The number of hydrogen-bond acceptors (Lipinski definition) is 4. The summed E-state index contributed by atoms with van der Waals surface area (Å²) in [4.78, 5) is 37.7. The third-order valence-electron chi connectivity index (χ3n) is 5.62. The summed E-state index contributed by atoms with van der Waals surface area (Å²) in [6, 6.07) is 8.01. The van der Waals surface area contributed by atoms with Crippen molar-refractivity contribution in [2.45, 2.75) is 59.4 Å². The third kappa shape index (κ3) is 6.17. The maximum Gasteiger partial charge on any atom is 0.303 e. The van der Waals surface area contributed by atoms with Gasteiger partial charge in [-0.3, -0.25) is 14.4 Å². The molecule has 0 bridgehead atoms. The van der Waals surface area contributed by atoms with Crippen molar-refractivity contribution in [3.8, 4) is 0 Å². The van der Waals surface area contributed by atoms with Crippen LogP contribution in [0.4, 0.5) is 5.00 Å². The fraction of sp³-hybridized carbons (Fsp3) is 0.458. The van der Waals surface area contributed by atoms with Gasteiger partial charge < -0.3 is 15.7 Å². The first kappa shape index (κ1) is 23.0. The van der Waals surface area contributed by atoms with E-state index in [1.165, 1.54) is 16.9 Å². The molecule has 0 radical (unpaired) electrons. The molecule has 2 aromatic rings. The zero-order chi connectivity index (χ0) is 22.5. The SMILES string of the molecule is Cc1ccc(CNC(=O)c2c(NC(=O)C[C@@H](C)CC(=O)O)sc3c2CC[C@@H](C)C3)cc1. The second-order valence-electron chi connectivity index (χ2n) is 8.68. The van der Waals surface area contributed by atoms with Gasteiger partial charge in [-0.05, 0) is 49.1 Å². The van der Waals surface area contributed by atoms with Gasteiger partial charge in [0.25, 0.3) is 5.91 Å². The summed E-state index contributed by atoms with van der Waals surface area (Å²) in [6.45, 7) is 6.38. The molecule has 0 fully saturated rings. The predicted molar refractivity (Wildman–Crippen MR) is 123 cm³/mol. The highest BCUT2D eigenvalue weighted by atomic mass is 32.1. The molecule has 0 aliphatic heterocycles. The van der Waals surface area contributed by atoms with E-state index in [1.54, 1.807) is 6.92 Å². The molecule has 1 aromatic heterocycles. The maximum absolute atomic E-state index is 13.1. The Hall–Kier alpha value is -2.67. The first-order valence-electron chi connectivity index (χ1n) is 10.7. The highest BCUT2D eigenvalue weighted by Crippen LogP contribution is 2.39. The number of thiophene rings is 1. The number of carboxylic acids is 1. The molecule has 166 valence electrons. The van der Waals surface area contributed by atoms with Gasteiger partial charge in [0.1, 0.15) is 5.00 Å². The predicted octanol–water partition coefficient (Wildman–Crippen LogP) is 4.55. The summed E-state index contributed by atoms with van der Waals surface area (Å²) in [5.74, 6) is -1.08. The molecule has 1 aliphatic rings. The molecule has 1 aromatic carbocycles. The van der Waals surface area contributed by atoms with E-state index in [1.807, 2.05) is 31.2 Å². The van der Waals surface area contributed by atoms with Gasteiger partial charge in [0.2, 0.25) is 5.91 Å². The molecule has 0 saturated carbocycles. The van der Waals surface area contributed by atoms with Crippen LogP contribution in [0, 0.1) is 18.8 Å². The lowest BCUT2D eigenvalue weighted by Crippen LogP contribution is -2.26. The third-order valence-corrected chi connectivity index (χ3v) is 6.79. The summed E-state index contributed by atoms with van der Waals surface area (Å²) in [5.41, 5.74) is 3.79. The topological polar surface area (TPSA) is 95.5 Å². The van der Waals surface area contributed by atoms with Gasteiger partial charge >= 0.3 is 5.97 Å². The average Bonchev–Trinajstić information content (AvgIpc) is 3.03. The number of anilines is 1. The molecular formula is C24H30N2O4S. The van der Waals surface area contributed by atoms with E-state index in [-0.39, 0.29) is 30.6 Å². The van der Waals surface area contributed by atoms with Crippen LogP contribution in [0.15, 0.2) is 24.3 Å². The second kappa shape index (κ2) is 10.1. The number of carboxylic acid groups (broad SMARTS) is 1. The van der Waals surface area contributed by atoms with Crippen LogP contribution in [0.25, 0.3) is 0 Å². The van der Waals surface area contributed by atoms with E-state index >= 15 is 0 Å². The summed E-state index contributed by atoms with van der Waals surface area (Å²) in [7, 11) is 0. The zero-order valence-corrected chi connectivity index (χ0v) is 19.1. The number of amides is 2. The van der Waals surface area contributed by atoms with Crippen molar-refractivity contribution in [2.24, 2.45) is 11.8 Å². The van der Waals surface area contributed by atoms with E-state index in [9.17, 15) is 14.4 Å². The van der Waals surface area contributed by atoms with Gasteiger partial charge in [0.15, 0.2) is 0 Å². The van der Waals surface area contributed by atoms with Crippen molar-refractivity contribution in [1.82, 2.24) is 5.32 Å². The summed E-state index contributed by atoms with van der Waals surface area (Å²) in [5, 5.41) is 15.4. The van der Waals surface area contributed by atoms with Gasteiger partial charge in [-0.15, -0.1) is 11.3 Å². The Labute approximate surface area is 187 Å². The van der Waals surface area contributed by atoms with Crippen LogP contribution < -0.4 is 10.6 Å². The summed E-state index contributed by atoms with van der Waals surface area (Å²) in [6.07, 6.45) is 2.80. The fourth-order valence-electron chi connectivity index (χ4n) is 3.92. The summed E-state index contributed by atoms with van der Waals surface area (Å²) >= 11 is 1.48. The van der Waals surface area contributed by atoms with Gasteiger partial charge in [-0.1, -0.05) is 43.7 Å². The van der Waals surface area contributed by atoms with Crippen LogP contribution in [-0.2, 0) is 29.0 Å². The van der Waals surface area contributed by atoms with Crippen LogP contribution in [-0.4, -0.2) is 22.9 Å². The Bertz CT molecular complexity index is 965. The van der Waals surface area contributed by atoms with E-state index in [0.29, 0.717) is 23.0 Å². The van der Waals surface area contributed by atoms with Gasteiger partial charge in [-0.25, -0.2) is 0 Å². The Morgan fingerprint density at radius 2 is 1.90 bits per heavy atom. The normalized spacial score (nSPS) is 16.3. The largest absolute Gasteiger partial charge is 0.481 e. The fourth-order valence-corrected chi connectivity index (χ4v) is 5.34. The number of benzene rings is 1. The number of aliphatic carboxylic acids is 1. The zero-order valence-electron chi connectivity index (χ0n) is 18.3. The van der Waals surface area contributed by atoms with Crippen molar-refractivity contribution < 1.29 is 19.5 Å². The molecule has 0 spiro atoms. The van der Waals surface area contributed by atoms with Crippen molar-refractivity contribution in [3.63, 3.8) is 0 Å². The monoisotopic (exact) mass is 442 g/mol. The highest BCUT2D eigenvalue weighted by molar-refractivity contribution is 7.17. The van der Waals surface area contributed by atoms with Gasteiger partial charge in [-0.2, -0.15) is 0 Å². The molecule has 1 heterocycles.